The molecule has 0 aromatic heterocycles. The molecule has 108 valence electrons. The number of carbonyl (C=O) groups is 2. The lowest BCUT2D eigenvalue weighted by atomic mass is 10.1. The zero-order chi connectivity index (χ0) is 15.0. The maximum Gasteiger partial charge on any atom is 0.332 e. The summed E-state index contributed by atoms with van der Waals surface area (Å²) in [6, 6.07) is 8.52. The number of carboxylic acid groups (broad SMARTS) is 1. The SMILES string of the molecule is CCOC(=O)/C=C(\C)N[C@@H](Cc1ccccc1)C(=O)O. The first kappa shape index (κ1) is 15.8. The van der Waals surface area contributed by atoms with Gasteiger partial charge in [-0.1, -0.05) is 30.3 Å². The van der Waals surface area contributed by atoms with Crippen LogP contribution in [0.3, 0.4) is 0 Å². The minimum absolute atomic E-state index is 0.287. The van der Waals surface area contributed by atoms with Gasteiger partial charge in [-0.2, -0.15) is 0 Å². The Labute approximate surface area is 118 Å². The highest BCUT2D eigenvalue weighted by Gasteiger charge is 2.17. The Morgan fingerprint density at radius 2 is 2.00 bits per heavy atom. The topological polar surface area (TPSA) is 75.6 Å². The van der Waals surface area contributed by atoms with Gasteiger partial charge in [0.15, 0.2) is 0 Å². The van der Waals surface area contributed by atoms with E-state index in [9.17, 15) is 14.7 Å². The third kappa shape index (κ3) is 5.56. The molecule has 0 bridgehead atoms. The smallest absolute Gasteiger partial charge is 0.332 e. The maximum absolute atomic E-state index is 11.3. The van der Waals surface area contributed by atoms with Crippen molar-refractivity contribution in [2.75, 3.05) is 6.61 Å². The molecule has 1 aromatic carbocycles. The van der Waals surface area contributed by atoms with E-state index in [0.29, 0.717) is 12.1 Å². The van der Waals surface area contributed by atoms with Gasteiger partial charge in [-0.15, -0.1) is 0 Å². The van der Waals surface area contributed by atoms with E-state index < -0.39 is 18.0 Å². The number of esters is 1. The molecular formula is C15H19NO4. The Morgan fingerprint density at radius 3 is 2.55 bits per heavy atom. The van der Waals surface area contributed by atoms with Crippen molar-refractivity contribution in [1.82, 2.24) is 5.32 Å². The normalized spacial score (nSPS) is 12.6. The number of ether oxygens (including phenoxy) is 1. The fourth-order valence-corrected chi connectivity index (χ4v) is 1.73. The van der Waals surface area contributed by atoms with Gasteiger partial charge in [-0.05, 0) is 19.4 Å². The molecule has 0 heterocycles. The highest BCUT2D eigenvalue weighted by Crippen LogP contribution is 2.05. The summed E-state index contributed by atoms with van der Waals surface area (Å²) in [5.74, 6) is -1.45. The van der Waals surface area contributed by atoms with Gasteiger partial charge in [0, 0.05) is 18.2 Å². The Balaban J connectivity index is 2.68. The molecule has 1 atom stereocenters. The number of hydrogen-bond donors (Lipinski definition) is 2. The van der Waals surface area contributed by atoms with Crippen LogP contribution in [0.15, 0.2) is 42.1 Å². The molecule has 0 spiro atoms. The van der Waals surface area contributed by atoms with Crippen LogP contribution in [0, 0.1) is 0 Å². The first-order chi connectivity index (χ1) is 9.52. The summed E-state index contributed by atoms with van der Waals surface area (Å²) in [6.45, 7) is 3.64. The molecule has 0 aliphatic rings. The largest absolute Gasteiger partial charge is 0.480 e. The molecule has 0 fully saturated rings. The van der Waals surface area contributed by atoms with Crippen molar-refractivity contribution in [3.8, 4) is 0 Å². The van der Waals surface area contributed by atoms with Crippen molar-refractivity contribution >= 4 is 11.9 Å². The van der Waals surface area contributed by atoms with Crippen molar-refractivity contribution in [2.24, 2.45) is 0 Å². The summed E-state index contributed by atoms with van der Waals surface area (Å²) in [5.41, 5.74) is 1.38. The zero-order valence-corrected chi connectivity index (χ0v) is 11.6. The van der Waals surface area contributed by atoms with Crippen molar-refractivity contribution in [1.29, 1.82) is 0 Å². The summed E-state index contributed by atoms with van der Waals surface area (Å²) in [6.07, 6.45) is 1.59. The summed E-state index contributed by atoms with van der Waals surface area (Å²) in [4.78, 5) is 22.5. The fraction of sp³-hybridized carbons (Fsp3) is 0.333. The van der Waals surface area contributed by atoms with Crippen LogP contribution < -0.4 is 5.32 Å². The molecule has 1 rings (SSSR count). The molecule has 5 nitrogen and oxygen atoms in total. The molecule has 0 saturated carbocycles. The van der Waals surface area contributed by atoms with E-state index in [4.69, 9.17) is 4.74 Å². The molecule has 0 unspecified atom stereocenters. The maximum atomic E-state index is 11.3. The van der Waals surface area contributed by atoms with Crippen LogP contribution in [-0.2, 0) is 20.7 Å². The van der Waals surface area contributed by atoms with E-state index in [1.165, 1.54) is 6.08 Å². The number of benzene rings is 1. The van der Waals surface area contributed by atoms with Crippen LogP contribution in [0.5, 0.6) is 0 Å². The number of aliphatic carboxylic acids is 1. The van der Waals surface area contributed by atoms with Gasteiger partial charge in [0.25, 0.3) is 0 Å². The average molecular weight is 277 g/mol. The number of carboxylic acids is 1. The summed E-state index contributed by atoms with van der Waals surface area (Å²) >= 11 is 0. The van der Waals surface area contributed by atoms with Gasteiger partial charge in [-0.3, -0.25) is 0 Å². The predicted octanol–water partition coefficient (Wildman–Crippen LogP) is 1.74. The Hall–Kier alpha value is -2.30. The molecule has 20 heavy (non-hydrogen) atoms. The van der Waals surface area contributed by atoms with Crippen LogP contribution in [-0.4, -0.2) is 29.7 Å². The molecular weight excluding hydrogens is 258 g/mol. The van der Waals surface area contributed by atoms with Crippen LogP contribution in [0.1, 0.15) is 19.4 Å². The third-order valence-corrected chi connectivity index (χ3v) is 2.60. The van der Waals surface area contributed by atoms with Crippen LogP contribution in [0.4, 0.5) is 0 Å². The van der Waals surface area contributed by atoms with Gasteiger partial charge in [0.05, 0.1) is 6.61 Å². The van der Waals surface area contributed by atoms with Gasteiger partial charge in [-0.25, -0.2) is 9.59 Å². The van der Waals surface area contributed by atoms with E-state index in [2.05, 4.69) is 5.32 Å². The van der Waals surface area contributed by atoms with E-state index >= 15 is 0 Å². The molecule has 1 aromatic rings. The number of carbonyl (C=O) groups excluding carboxylic acids is 1. The lowest BCUT2D eigenvalue weighted by molar-refractivity contribution is -0.140. The first-order valence-electron chi connectivity index (χ1n) is 6.41. The van der Waals surface area contributed by atoms with E-state index in [0.717, 1.165) is 5.56 Å². The fourth-order valence-electron chi connectivity index (χ4n) is 1.73. The van der Waals surface area contributed by atoms with Crippen molar-refractivity contribution in [3.05, 3.63) is 47.7 Å². The van der Waals surface area contributed by atoms with E-state index in [1.807, 2.05) is 30.3 Å². The monoisotopic (exact) mass is 277 g/mol. The zero-order valence-electron chi connectivity index (χ0n) is 11.6. The van der Waals surface area contributed by atoms with Crippen molar-refractivity contribution < 1.29 is 19.4 Å². The quantitative estimate of drug-likeness (QED) is 0.586. The van der Waals surface area contributed by atoms with E-state index in [-0.39, 0.29) is 6.61 Å². The van der Waals surface area contributed by atoms with Crippen molar-refractivity contribution in [2.45, 2.75) is 26.3 Å². The number of hydrogen-bond acceptors (Lipinski definition) is 4. The second-order valence-corrected chi connectivity index (χ2v) is 4.30. The Bertz CT molecular complexity index is 482. The minimum atomic E-state index is -0.967. The minimum Gasteiger partial charge on any atom is -0.480 e. The third-order valence-electron chi connectivity index (χ3n) is 2.60. The highest BCUT2D eigenvalue weighted by atomic mass is 16.5. The average Bonchev–Trinajstić information content (AvgIpc) is 2.39. The van der Waals surface area contributed by atoms with Crippen LogP contribution in [0.25, 0.3) is 0 Å². The standard InChI is InChI=1S/C15H19NO4/c1-3-20-14(17)9-11(2)16-13(15(18)19)10-12-7-5-4-6-8-12/h4-9,13,16H,3,10H2,1-2H3,(H,18,19)/b11-9+/t13-/m0/s1. The summed E-state index contributed by atoms with van der Waals surface area (Å²) < 4.78 is 4.77. The summed E-state index contributed by atoms with van der Waals surface area (Å²) in [7, 11) is 0. The van der Waals surface area contributed by atoms with E-state index in [1.54, 1.807) is 13.8 Å². The molecule has 5 heteroatoms. The second kappa shape index (κ2) is 7.99. The Morgan fingerprint density at radius 1 is 1.35 bits per heavy atom. The van der Waals surface area contributed by atoms with Gasteiger partial charge < -0.3 is 15.2 Å². The lowest BCUT2D eigenvalue weighted by Crippen LogP contribution is -2.37. The van der Waals surface area contributed by atoms with Gasteiger partial charge in [0.1, 0.15) is 6.04 Å². The molecule has 0 saturated heterocycles. The summed E-state index contributed by atoms with van der Waals surface area (Å²) in [5, 5.41) is 12.0. The number of allylic oxidation sites excluding steroid dienone is 1. The molecule has 0 aliphatic carbocycles. The molecule has 0 radical (unpaired) electrons. The highest BCUT2D eigenvalue weighted by molar-refractivity contribution is 5.83. The molecule has 0 aliphatic heterocycles. The van der Waals surface area contributed by atoms with Crippen molar-refractivity contribution in [3.63, 3.8) is 0 Å². The van der Waals surface area contributed by atoms with Gasteiger partial charge in [0.2, 0.25) is 0 Å². The number of nitrogens with one attached hydrogen (secondary N) is 1. The molecule has 2 N–H and O–H groups in total. The molecule has 0 amide bonds. The first-order valence-corrected chi connectivity index (χ1v) is 6.41. The van der Waals surface area contributed by atoms with Crippen LogP contribution in [0.2, 0.25) is 0 Å². The predicted molar refractivity (Wildman–Crippen MR) is 75.1 cm³/mol. The second-order valence-electron chi connectivity index (χ2n) is 4.30. The lowest BCUT2D eigenvalue weighted by Gasteiger charge is -2.16. The van der Waals surface area contributed by atoms with Crippen LogP contribution >= 0.6 is 0 Å². The number of rotatable bonds is 7. The Kier molecular flexibility index (Phi) is 6.29. The van der Waals surface area contributed by atoms with Gasteiger partial charge >= 0.3 is 11.9 Å².